The van der Waals surface area contributed by atoms with Crippen LogP contribution in [0.2, 0.25) is 0 Å². The Morgan fingerprint density at radius 3 is 2.77 bits per heavy atom. The minimum absolute atomic E-state index is 0.104. The molecule has 1 aliphatic rings. The third-order valence-electron chi connectivity index (χ3n) is 4.24. The number of benzene rings is 1. The number of H-pyrrole nitrogens is 1. The van der Waals surface area contributed by atoms with Crippen molar-refractivity contribution >= 4 is 24.1 Å². The Kier molecular flexibility index (Phi) is 5.82. The van der Waals surface area contributed by atoms with Crippen LogP contribution in [0.5, 0.6) is 0 Å². The molecule has 0 spiro atoms. The van der Waals surface area contributed by atoms with Crippen LogP contribution in [0.4, 0.5) is 0 Å². The Bertz CT molecular complexity index is 837. The van der Waals surface area contributed by atoms with Gasteiger partial charge in [-0.2, -0.15) is 5.10 Å². The van der Waals surface area contributed by atoms with E-state index in [1.165, 1.54) is 0 Å². The van der Waals surface area contributed by atoms with Gasteiger partial charge in [0, 0.05) is 18.5 Å². The Balaban J connectivity index is 1.51. The van der Waals surface area contributed by atoms with Crippen molar-refractivity contribution in [2.75, 3.05) is 13.2 Å². The molecule has 8 heteroatoms. The van der Waals surface area contributed by atoms with Gasteiger partial charge in [-0.15, -0.1) is 0 Å². The number of amides is 1. The predicted octanol–water partition coefficient (Wildman–Crippen LogP) is 2.38. The Morgan fingerprint density at radius 1 is 1.35 bits per heavy atom. The summed E-state index contributed by atoms with van der Waals surface area (Å²) in [6.45, 7) is 2.74. The van der Waals surface area contributed by atoms with Crippen LogP contribution in [0, 0.1) is 17.6 Å². The van der Waals surface area contributed by atoms with Crippen LogP contribution >= 0.6 is 12.2 Å². The van der Waals surface area contributed by atoms with E-state index in [1.807, 2.05) is 31.2 Å². The third kappa shape index (κ3) is 5.01. The van der Waals surface area contributed by atoms with Crippen molar-refractivity contribution in [1.29, 1.82) is 0 Å². The van der Waals surface area contributed by atoms with Gasteiger partial charge < -0.3 is 10.1 Å². The van der Waals surface area contributed by atoms with Gasteiger partial charge in [0.25, 0.3) is 0 Å². The highest BCUT2D eigenvalue weighted by Crippen LogP contribution is 2.28. The topological polar surface area (TPSA) is 89.0 Å². The van der Waals surface area contributed by atoms with Gasteiger partial charge in [0.2, 0.25) is 5.91 Å². The first-order chi connectivity index (χ1) is 12.5. The number of hydrogen-bond donors (Lipinski definition) is 2. The number of hydrogen-bond acceptors (Lipinski definition) is 5. The lowest BCUT2D eigenvalue weighted by Crippen LogP contribution is -2.31. The van der Waals surface area contributed by atoms with Crippen molar-refractivity contribution in [3.05, 3.63) is 34.6 Å². The van der Waals surface area contributed by atoms with E-state index in [0.29, 0.717) is 29.7 Å². The quantitative estimate of drug-likeness (QED) is 0.547. The average Bonchev–Trinajstić information content (AvgIpc) is 3.39. The molecule has 0 bridgehead atoms. The van der Waals surface area contributed by atoms with Crippen LogP contribution in [-0.2, 0) is 20.9 Å². The summed E-state index contributed by atoms with van der Waals surface area (Å²) in [6.07, 6.45) is 2.44. The lowest BCUT2D eigenvalue weighted by atomic mass is 10.1. The van der Waals surface area contributed by atoms with Crippen molar-refractivity contribution in [2.24, 2.45) is 5.92 Å². The molecule has 26 heavy (non-hydrogen) atoms. The molecule has 0 atom stereocenters. The minimum atomic E-state index is -0.398. The molecule has 2 aromatic rings. The van der Waals surface area contributed by atoms with Crippen molar-refractivity contribution in [2.45, 2.75) is 32.7 Å². The van der Waals surface area contributed by atoms with Gasteiger partial charge in [-0.05, 0) is 37.9 Å². The van der Waals surface area contributed by atoms with Crippen molar-refractivity contribution in [3.8, 4) is 11.4 Å². The maximum absolute atomic E-state index is 12.0. The average molecular weight is 374 g/mol. The van der Waals surface area contributed by atoms with E-state index >= 15 is 0 Å². The highest BCUT2D eigenvalue weighted by molar-refractivity contribution is 7.71. The second kappa shape index (κ2) is 8.27. The monoisotopic (exact) mass is 374 g/mol. The maximum Gasteiger partial charge on any atom is 0.325 e. The smallest absolute Gasteiger partial charge is 0.325 e. The van der Waals surface area contributed by atoms with E-state index in [9.17, 15) is 9.59 Å². The fourth-order valence-corrected chi connectivity index (χ4v) is 2.69. The van der Waals surface area contributed by atoms with Crippen LogP contribution in [0.1, 0.15) is 24.8 Å². The number of carbonyl (C=O) groups is 2. The minimum Gasteiger partial charge on any atom is -0.464 e. The Morgan fingerprint density at radius 2 is 2.08 bits per heavy atom. The van der Waals surface area contributed by atoms with Gasteiger partial charge in [-0.3, -0.25) is 19.3 Å². The van der Waals surface area contributed by atoms with Gasteiger partial charge in [0.05, 0.1) is 6.61 Å². The fourth-order valence-electron chi connectivity index (χ4n) is 2.47. The number of aryl methyl sites for hydroxylation is 1. The summed E-state index contributed by atoms with van der Waals surface area (Å²) in [4.78, 5) is 23.6. The lowest BCUT2D eigenvalue weighted by molar-refractivity contribution is -0.144. The van der Waals surface area contributed by atoms with Crippen LogP contribution in [-0.4, -0.2) is 39.8 Å². The fraction of sp³-hybridized carbons (Fsp3) is 0.444. The van der Waals surface area contributed by atoms with E-state index in [1.54, 1.807) is 4.57 Å². The van der Waals surface area contributed by atoms with Crippen molar-refractivity contribution in [3.63, 3.8) is 0 Å². The molecule has 0 unspecified atom stereocenters. The molecular weight excluding hydrogens is 352 g/mol. The molecular formula is C18H22N4O3S. The first kappa shape index (κ1) is 18.3. The Hall–Kier alpha value is -2.48. The summed E-state index contributed by atoms with van der Waals surface area (Å²) in [5.74, 6) is 0.571. The number of aromatic nitrogens is 3. The van der Waals surface area contributed by atoms with E-state index in [-0.39, 0.29) is 18.9 Å². The second-order valence-electron chi connectivity index (χ2n) is 6.52. The summed E-state index contributed by atoms with van der Waals surface area (Å²) in [5, 5.41) is 9.61. The van der Waals surface area contributed by atoms with E-state index in [0.717, 1.165) is 24.0 Å². The SMILES string of the molecule is Cc1ccc(-c2n[nH]c(=S)n2CCC(=O)NCC(=O)OCC2CC2)cc1. The molecule has 1 saturated carbocycles. The van der Waals surface area contributed by atoms with Crippen LogP contribution in [0.25, 0.3) is 11.4 Å². The molecule has 0 saturated heterocycles. The van der Waals surface area contributed by atoms with Crippen LogP contribution in [0.3, 0.4) is 0 Å². The summed E-state index contributed by atoms with van der Waals surface area (Å²) in [6, 6.07) is 7.92. The standard InChI is InChI=1S/C18H22N4O3S/c1-12-2-6-14(7-3-12)17-20-21-18(26)22(17)9-8-15(23)19-10-16(24)25-11-13-4-5-13/h2-3,6-7,13H,4-5,8-11H2,1H3,(H,19,23)(H,21,26). The largest absolute Gasteiger partial charge is 0.464 e. The molecule has 1 fully saturated rings. The molecule has 0 radical (unpaired) electrons. The molecule has 1 heterocycles. The van der Waals surface area contributed by atoms with Gasteiger partial charge in [-0.1, -0.05) is 29.8 Å². The zero-order chi connectivity index (χ0) is 18.5. The van der Waals surface area contributed by atoms with Crippen molar-refractivity contribution < 1.29 is 14.3 Å². The van der Waals surface area contributed by atoms with Gasteiger partial charge >= 0.3 is 5.97 Å². The van der Waals surface area contributed by atoms with Gasteiger partial charge in [-0.25, -0.2) is 0 Å². The molecule has 1 aliphatic carbocycles. The summed E-state index contributed by atoms with van der Waals surface area (Å²) >= 11 is 5.26. The zero-order valence-corrected chi connectivity index (χ0v) is 15.5. The summed E-state index contributed by atoms with van der Waals surface area (Å²) in [7, 11) is 0. The van der Waals surface area contributed by atoms with E-state index in [2.05, 4.69) is 15.5 Å². The molecule has 1 aromatic carbocycles. The Labute approximate surface area is 156 Å². The number of nitrogens with zero attached hydrogens (tertiary/aromatic N) is 2. The molecule has 138 valence electrons. The first-order valence-corrected chi connectivity index (χ1v) is 9.08. The number of aromatic amines is 1. The van der Waals surface area contributed by atoms with E-state index < -0.39 is 5.97 Å². The van der Waals surface area contributed by atoms with Crippen LogP contribution < -0.4 is 5.32 Å². The highest BCUT2D eigenvalue weighted by atomic mass is 32.1. The first-order valence-electron chi connectivity index (χ1n) is 8.67. The normalized spacial score (nSPS) is 13.4. The molecule has 1 aromatic heterocycles. The zero-order valence-electron chi connectivity index (χ0n) is 14.7. The molecule has 3 rings (SSSR count). The summed E-state index contributed by atoms with van der Waals surface area (Å²) in [5.41, 5.74) is 2.08. The number of rotatable bonds is 8. The number of esters is 1. The molecule has 2 N–H and O–H groups in total. The maximum atomic E-state index is 12.0. The van der Waals surface area contributed by atoms with Crippen LogP contribution in [0.15, 0.2) is 24.3 Å². The second-order valence-corrected chi connectivity index (χ2v) is 6.91. The molecule has 0 aliphatic heterocycles. The highest BCUT2D eigenvalue weighted by Gasteiger charge is 2.23. The summed E-state index contributed by atoms with van der Waals surface area (Å²) < 4.78 is 7.32. The lowest BCUT2D eigenvalue weighted by Gasteiger charge is -2.08. The molecule has 7 nitrogen and oxygen atoms in total. The number of ether oxygens (including phenoxy) is 1. The molecule has 1 amide bonds. The van der Waals surface area contributed by atoms with E-state index in [4.69, 9.17) is 17.0 Å². The predicted molar refractivity (Wildman–Crippen MR) is 98.9 cm³/mol. The third-order valence-corrected chi connectivity index (χ3v) is 4.55. The van der Waals surface area contributed by atoms with Crippen molar-refractivity contribution in [1.82, 2.24) is 20.1 Å². The van der Waals surface area contributed by atoms with Gasteiger partial charge in [0.15, 0.2) is 10.6 Å². The number of nitrogens with one attached hydrogen (secondary N) is 2. The number of carbonyl (C=O) groups excluding carboxylic acids is 2. The van der Waals surface area contributed by atoms with Gasteiger partial charge in [0.1, 0.15) is 6.54 Å².